The smallest absolute Gasteiger partial charge is 0.0941 e. The number of aromatic nitrogens is 1. The Morgan fingerprint density at radius 1 is 1.39 bits per heavy atom. The van der Waals surface area contributed by atoms with E-state index in [4.69, 9.17) is 5.73 Å². The lowest BCUT2D eigenvalue weighted by atomic mass is 10.2. The fourth-order valence-electron chi connectivity index (χ4n) is 1.95. The number of thiazole rings is 1. The molecule has 0 radical (unpaired) electrons. The summed E-state index contributed by atoms with van der Waals surface area (Å²) in [4.78, 5) is 7.16. The Morgan fingerprint density at radius 2 is 2.17 bits per heavy atom. The van der Waals surface area contributed by atoms with Crippen molar-refractivity contribution in [2.75, 3.05) is 13.1 Å². The van der Waals surface area contributed by atoms with Crippen LogP contribution < -0.4 is 5.73 Å². The molecule has 0 spiro atoms. The minimum absolute atomic E-state index is 0.585. The van der Waals surface area contributed by atoms with Crippen LogP contribution in [-0.4, -0.2) is 29.0 Å². The summed E-state index contributed by atoms with van der Waals surface area (Å²) in [6.45, 7) is 9.62. The van der Waals surface area contributed by atoms with Gasteiger partial charge in [-0.2, -0.15) is 0 Å². The van der Waals surface area contributed by atoms with Gasteiger partial charge in [0.05, 0.1) is 10.7 Å². The number of hydrogen-bond donors (Lipinski definition) is 1. The zero-order chi connectivity index (χ0) is 13.4. The minimum atomic E-state index is 0.585. The van der Waals surface area contributed by atoms with Crippen molar-refractivity contribution in [3.63, 3.8) is 0 Å². The summed E-state index contributed by atoms with van der Waals surface area (Å²) in [5.74, 6) is 0. The molecule has 104 valence electrons. The molecule has 0 bridgehead atoms. The van der Waals surface area contributed by atoms with E-state index < -0.39 is 0 Å². The SMILES string of the molecule is CCCCCN(Cc1csc(CCN)n1)C(C)C. The van der Waals surface area contributed by atoms with Crippen LogP contribution >= 0.6 is 11.3 Å². The first kappa shape index (κ1) is 15.6. The van der Waals surface area contributed by atoms with Gasteiger partial charge in [-0.3, -0.25) is 4.90 Å². The van der Waals surface area contributed by atoms with E-state index in [0.29, 0.717) is 12.6 Å². The monoisotopic (exact) mass is 269 g/mol. The van der Waals surface area contributed by atoms with Gasteiger partial charge in [-0.15, -0.1) is 11.3 Å². The molecule has 4 heteroatoms. The molecule has 1 heterocycles. The molecule has 3 nitrogen and oxygen atoms in total. The summed E-state index contributed by atoms with van der Waals surface area (Å²) < 4.78 is 0. The zero-order valence-electron chi connectivity index (χ0n) is 12.0. The van der Waals surface area contributed by atoms with Gasteiger partial charge in [0.25, 0.3) is 0 Å². The van der Waals surface area contributed by atoms with Gasteiger partial charge in [-0.25, -0.2) is 4.98 Å². The standard InChI is InChI=1S/C14H27N3S/c1-4-5-6-9-17(12(2)3)10-13-11-18-14(16-13)7-8-15/h11-12H,4-10,15H2,1-3H3. The number of rotatable bonds is 9. The molecule has 0 aliphatic rings. The van der Waals surface area contributed by atoms with Crippen LogP contribution in [-0.2, 0) is 13.0 Å². The molecular formula is C14H27N3S. The summed E-state index contributed by atoms with van der Waals surface area (Å²) in [5, 5.41) is 3.35. The van der Waals surface area contributed by atoms with Crippen LogP contribution in [0.15, 0.2) is 5.38 Å². The molecule has 18 heavy (non-hydrogen) atoms. The van der Waals surface area contributed by atoms with E-state index >= 15 is 0 Å². The quantitative estimate of drug-likeness (QED) is 0.701. The summed E-state index contributed by atoms with van der Waals surface area (Å²) in [6, 6.07) is 0.585. The molecule has 1 rings (SSSR count). The Bertz CT molecular complexity index is 323. The summed E-state index contributed by atoms with van der Waals surface area (Å²) in [7, 11) is 0. The second-order valence-electron chi connectivity index (χ2n) is 5.04. The lowest BCUT2D eigenvalue weighted by molar-refractivity contribution is 0.206. The van der Waals surface area contributed by atoms with E-state index in [2.05, 4.69) is 36.0 Å². The van der Waals surface area contributed by atoms with Crippen LogP contribution in [0.1, 0.15) is 50.7 Å². The first-order valence-corrected chi connectivity index (χ1v) is 7.92. The van der Waals surface area contributed by atoms with E-state index in [-0.39, 0.29) is 0 Å². The van der Waals surface area contributed by atoms with E-state index in [1.54, 1.807) is 11.3 Å². The fourth-order valence-corrected chi connectivity index (χ4v) is 2.76. The van der Waals surface area contributed by atoms with Gasteiger partial charge in [0.15, 0.2) is 0 Å². The molecule has 0 amide bonds. The molecule has 0 saturated carbocycles. The predicted molar refractivity (Wildman–Crippen MR) is 79.9 cm³/mol. The normalized spacial score (nSPS) is 11.7. The molecular weight excluding hydrogens is 242 g/mol. The highest BCUT2D eigenvalue weighted by atomic mass is 32.1. The maximum atomic E-state index is 5.56. The summed E-state index contributed by atoms with van der Waals surface area (Å²) in [6.07, 6.45) is 4.79. The number of hydrogen-bond acceptors (Lipinski definition) is 4. The zero-order valence-corrected chi connectivity index (χ0v) is 12.8. The number of nitrogens with two attached hydrogens (primary N) is 1. The lowest BCUT2D eigenvalue weighted by Gasteiger charge is -2.25. The highest BCUT2D eigenvalue weighted by Gasteiger charge is 2.11. The third kappa shape index (κ3) is 5.46. The fraction of sp³-hybridized carbons (Fsp3) is 0.786. The van der Waals surface area contributed by atoms with Gasteiger partial charge in [-0.05, 0) is 33.4 Å². The van der Waals surface area contributed by atoms with E-state index in [1.807, 2.05) is 0 Å². The second-order valence-corrected chi connectivity index (χ2v) is 5.99. The molecule has 0 unspecified atom stereocenters. The predicted octanol–water partition coefficient (Wildman–Crippen LogP) is 3.04. The maximum absolute atomic E-state index is 5.56. The van der Waals surface area contributed by atoms with Crippen molar-refractivity contribution in [3.05, 3.63) is 16.1 Å². The topological polar surface area (TPSA) is 42.1 Å². The molecule has 0 saturated heterocycles. The van der Waals surface area contributed by atoms with E-state index in [0.717, 1.165) is 13.0 Å². The van der Waals surface area contributed by atoms with E-state index in [9.17, 15) is 0 Å². The summed E-state index contributed by atoms with van der Waals surface area (Å²) >= 11 is 1.74. The van der Waals surface area contributed by atoms with Crippen molar-refractivity contribution in [2.24, 2.45) is 5.73 Å². The van der Waals surface area contributed by atoms with Gasteiger partial charge in [-0.1, -0.05) is 19.8 Å². The first-order chi connectivity index (χ1) is 8.67. The maximum Gasteiger partial charge on any atom is 0.0941 e. The Kier molecular flexibility index (Phi) is 7.47. The van der Waals surface area contributed by atoms with Gasteiger partial charge in [0, 0.05) is 24.4 Å². The Hall–Kier alpha value is -0.450. The molecule has 1 aromatic rings. The molecule has 0 atom stereocenters. The van der Waals surface area contributed by atoms with Crippen molar-refractivity contribution in [2.45, 2.75) is 59.0 Å². The highest BCUT2D eigenvalue weighted by molar-refractivity contribution is 7.09. The lowest BCUT2D eigenvalue weighted by Crippen LogP contribution is -2.31. The molecule has 0 aliphatic heterocycles. The van der Waals surface area contributed by atoms with Crippen molar-refractivity contribution in [1.29, 1.82) is 0 Å². The van der Waals surface area contributed by atoms with Crippen molar-refractivity contribution < 1.29 is 0 Å². The van der Waals surface area contributed by atoms with Crippen LogP contribution in [0, 0.1) is 0 Å². The van der Waals surface area contributed by atoms with Gasteiger partial charge in [0.2, 0.25) is 0 Å². The van der Waals surface area contributed by atoms with Crippen molar-refractivity contribution in [3.8, 4) is 0 Å². The van der Waals surface area contributed by atoms with Gasteiger partial charge in [0.1, 0.15) is 0 Å². The van der Waals surface area contributed by atoms with Crippen LogP contribution in [0.4, 0.5) is 0 Å². The summed E-state index contributed by atoms with van der Waals surface area (Å²) in [5.41, 5.74) is 6.76. The highest BCUT2D eigenvalue weighted by Crippen LogP contribution is 2.14. The molecule has 0 fully saturated rings. The van der Waals surface area contributed by atoms with Crippen molar-refractivity contribution >= 4 is 11.3 Å². The largest absolute Gasteiger partial charge is 0.330 e. The Morgan fingerprint density at radius 3 is 2.78 bits per heavy atom. The Balaban J connectivity index is 2.48. The third-order valence-electron chi connectivity index (χ3n) is 3.10. The molecule has 0 aromatic carbocycles. The van der Waals surface area contributed by atoms with Crippen LogP contribution in [0.3, 0.4) is 0 Å². The molecule has 1 aromatic heterocycles. The van der Waals surface area contributed by atoms with Gasteiger partial charge >= 0.3 is 0 Å². The molecule has 0 aliphatic carbocycles. The van der Waals surface area contributed by atoms with Gasteiger partial charge < -0.3 is 5.73 Å². The third-order valence-corrected chi connectivity index (χ3v) is 4.06. The average molecular weight is 269 g/mol. The van der Waals surface area contributed by atoms with E-state index in [1.165, 1.54) is 36.5 Å². The second kappa shape index (κ2) is 8.62. The van der Waals surface area contributed by atoms with Crippen LogP contribution in [0.5, 0.6) is 0 Å². The number of nitrogens with zero attached hydrogens (tertiary/aromatic N) is 2. The average Bonchev–Trinajstić information content (AvgIpc) is 2.76. The van der Waals surface area contributed by atoms with Crippen LogP contribution in [0.2, 0.25) is 0 Å². The molecule has 2 N–H and O–H groups in total. The minimum Gasteiger partial charge on any atom is -0.330 e. The van der Waals surface area contributed by atoms with Crippen molar-refractivity contribution in [1.82, 2.24) is 9.88 Å². The first-order valence-electron chi connectivity index (χ1n) is 7.04. The Labute approximate surface area is 115 Å². The van der Waals surface area contributed by atoms with Crippen LogP contribution in [0.25, 0.3) is 0 Å². The number of unbranched alkanes of at least 4 members (excludes halogenated alkanes) is 2.